The van der Waals surface area contributed by atoms with Crippen molar-refractivity contribution in [2.24, 2.45) is 0 Å². The zero-order valence-corrected chi connectivity index (χ0v) is 12.1. The minimum Gasteiger partial charge on any atom is -0.288 e. The molecule has 0 fully saturated rings. The highest BCUT2D eigenvalue weighted by molar-refractivity contribution is 7.14. The van der Waals surface area contributed by atoms with Crippen molar-refractivity contribution < 1.29 is 18.0 Å². The number of halogens is 3. The first-order chi connectivity index (χ1) is 9.20. The van der Waals surface area contributed by atoms with Gasteiger partial charge < -0.3 is 0 Å². The van der Waals surface area contributed by atoms with Crippen LogP contribution in [0.1, 0.15) is 36.8 Å². The zero-order chi connectivity index (χ0) is 15.1. The predicted octanol–water partition coefficient (Wildman–Crippen LogP) is 4.92. The Morgan fingerprint density at radius 2 is 1.70 bits per heavy atom. The lowest BCUT2D eigenvalue weighted by atomic mass is 10.0. The van der Waals surface area contributed by atoms with Crippen LogP contribution in [0.25, 0.3) is 0 Å². The van der Waals surface area contributed by atoms with Gasteiger partial charge in [-0.05, 0) is 50.1 Å². The number of hydrogen-bond acceptors (Lipinski definition) is 2. The number of carbonyl (C=O) groups excluding carboxylic acids is 1. The first kappa shape index (κ1) is 14.8. The fourth-order valence-corrected chi connectivity index (χ4v) is 2.90. The van der Waals surface area contributed by atoms with Crippen LogP contribution in [0.15, 0.2) is 24.3 Å². The summed E-state index contributed by atoms with van der Waals surface area (Å²) < 4.78 is 37.8. The van der Waals surface area contributed by atoms with Crippen molar-refractivity contribution in [1.82, 2.24) is 0 Å². The molecule has 0 radical (unpaired) electrons. The topological polar surface area (TPSA) is 17.1 Å². The number of ketones is 1. The molecule has 0 saturated carbocycles. The Morgan fingerprint density at radius 1 is 1.05 bits per heavy atom. The van der Waals surface area contributed by atoms with E-state index in [1.807, 2.05) is 13.8 Å². The van der Waals surface area contributed by atoms with Crippen molar-refractivity contribution in [3.63, 3.8) is 0 Å². The predicted molar refractivity (Wildman–Crippen MR) is 73.4 cm³/mol. The van der Waals surface area contributed by atoms with Gasteiger partial charge in [-0.25, -0.2) is 0 Å². The van der Waals surface area contributed by atoms with Crippen LogP contribution in [0.4, 0.5) is 13.2 Å². The van der Waals surface area contributed by atoms with Gasteiger partial charge in [0.1, 0.15) is 0 Å². The van der Waals surface area contributed by atoms with E-state index in [2.05, 4.69) is 0 Å². The lowest BCUT2D eigenvalue weighted by Gasteiger charge is -2.09. The van der Waals surface area contributed by atoms with Crippen LogP contribution in [0.5, 0.6) is 0 Å². The molecule has 2 rings (SSSR count). The number of benzene rings is 1. The largest absolute Gasteiger partial charge is 0.416 e. The number of rotatable bonds is 2. The number of thiophene rings is 1. The fraction of sp³-hybridized carbons (Fsp3) is 0.267. The summed E-state index contributed by atoms with van der Waals surface area (Å²) >= 11 is 1.36. The second-order valence-electron chi connectivity index (χ2n) is 4.71. The van der Waals surface area contributed by atoms with E-state index in [0.29, 0.717) is 16.0 Å². The average molecular weight is 298 g/mol. The van der Waals surface area contributed by atoms with Gasteiger partial charge in [-0.3, -0.25) is 4.79 Å². The van der Waals surface area contributed by atoms with Gasteiger partial charge in [-0.1, -0.05) is 6.07 Å². The first-order valence-electron chi connectivity index (χ1n) is 5.99. The number of alkyl halides is 3. The molecule has 0 saturated heterocycles. The van der Waals surface area contributed by atoms with Crippen LogP contribution in [0.3, 0.4) is 0 Å². The van der Waals surface area contributed by atoms with Crippen LogP contribution in [-0.4, -0.2) is 5.78 Å². The molecule has 1 nitrogen and oxygen atoms in total. The van der Waals surface area contributed by atoms with Gasteiger partial charge in [-0.15, -0.1) is 11.3 Å². The number of hydrogen-bond donors (Lipinski definition) is 0. The average Bonchev–Trinajstić information content (AvgIpc) is 2.67. The molecule has 20 heavy (non-hydrogen) atoms. The smallest absolute Gasteiger partial charge is 0.288 e. The molecule has 0 bridgehead atoms. The summed E-state index contributed by atoms with van der Waals surface area (Å²) in [5.41, 5.74) is 0.945. The first-order valence-corrected chi connectivity index (χ1v) is 6.81. The van der Waals surface area contributed by atoms with E-state index in [4.69, 9.17) is 0 Å². The molecular formula is C15H13F3OS. The quantitative estimate of drug-likeness (QED) is 0.719. The van der Waals surface area contributed by atoms with Gasteiger partial charge in [0.05, 0.1) is 10.4 Å². The van der Waals surface area contributed by atoms with Crippen molar-refractivity contribution in [2.75, 3.05) is 0 Å². The van der Waals surface area contributed by atoms with Crippen LogP contribution < -0.4 is 0 Å². The van der Waals surface area contributed by atoms with Crippen LogP contribution in [-0.2, 0) is 6.18 Å². The molecule has 0 atom stereocenters. The number of carbonyl (C=O) groups is 1. The minimum atomic E-state index is -4.39. The molecule has 2 aromatic rings. The lowest BCUT2D eigenvalue weighted by molar-refractivity contribution is -0.137. The molecular weight excluding hydrogens is 285 g/mol. The third-order valence-electron chi connectivity index (χ3n) is 3.19. The summed E-state index contributed by atoms with van der Waals surface area (Å²) in [6.45, 7) is 5.34. The van der Waals surface area contributed by atoms with Crippen LogP contribution in [0.2, 0.25) is 0 Å². The molecule has 1 aromatic carbocycles. The third kappa shape index (κ3) is 2.77. The standard InChI is InChI=1S/C15H13F3OS/c1-8-7-13(20-10(8)3)14(19)12-5-4-11(6-9(12)2)15(16,17)18/h4-7H,1-3H3. The molecule has 0 N–H and O–H groups in total. The van der Waals surface area contributed by atoms with Crippen LogP contribution >= 0.6 is 11.3 Å². The minimum absolute atomic E-state index is 0.225. The highest BCUT2D eigenvalue weighted by Gasteiger charge is 2.31. The molecule has 1 heterocycles. The highest BCUT2D eigenvalue weighted by atomic mass is 32.1. The second-order valence-corrected chi connectivity index (χ2v) is 5.96. The fourth-order valence-electron chi connectivity index (χ4n) is 1.91. The molecule has 0 aliphatic heterocycles. The molecule has 0 unspecified atom stereocenters. The number of aryl methyl sites for hydroxylation is 3. The van der Waals surface area contributed by atoms with Crippen molar-refractivity contribution in [3.05, 3.63) is 56.3 Å². The summed E-state index contributed by atoms with van der Waals surface area (Å²) in [6.07, 6.45) is -4.39. The highest BCUT2D eigenvalue weighted by Crippen LogP contribution is 2.31. The SMILES string of the molecule is Cc1cc(C(F)(F)F)ccc1C(=O)c1cc(C)c(C)s1. The Kier molecular flexibility index (Phi) is 3.73. The summed E-state index contributed by atoms with van der Waals surface area (Å²) in [6, 6.07) is 5.00. The normalized spacial score (nSPS) is 11.7. The van der Waals surface area contributed by atoms with Gasteiger partial charge in [0.15, 0.2) is 0 Å². The third-order valence-corrected chi connectivity index (χ3v) is 4.34. The van der Waals surface area contributed by atoms with E-state index in [9.17, 15) is 18.0 Å². The Bertz CT molecular complexity index is 649. The molecule has 0 spiro atoms. The Morgan fingerprint density at radius 3 is 2.15 bits per heavy atom. The van der Waals surface area contributed by atoms with Crippen LogP contribution in [0, 0.1) is 20.8 Å². The summed E-state index contributed by atoms with van der Waals surface area (Å²) in [4.78, 5) is 13.9. The van der Waals surface area contributed by atoms with E-state index >= 15 is 0 Å². The summed E-state index contributed by atoms with van der Waals surface area (Å²) in [5, 5.41) is 0. The Hall–Kier alpha value is -1.62. The lowest BCUT2D eigenvalue weighted by Crippen LogP contribution is -2.08. The summed E-state index contributed by atoms with van der Waals surface area (Å²) in [7, 11) is 0. The molecule has 0 amide bonds. The second kappa shape index (κ2) is 5.05. The maximum absolute atomic E-state index is 12.6. The van der Waals surface area contributed by atoms with Gasteiger partial charge in [-0.2, -0.15) is 13.2 Å². The van der Waals surface area contributed by atoms with E-state index < -0.39 is 11.7 Å². The molecule has 5 heteroatoms. The Labute approximate surface area is 119 Å². The van der Waals surface area contributed by atoms with E-state index in [-0.39, 0.29) is 5.78 Å². The molecule has 106 valence electrons. The maximum Gasteiger partial charge on any atom is 0.416 e. The van der Waals surface area contributed by atoms with E-state index in [1.54, 1.807) is 6.07 Å². The van der Waals surface area contributed by atoms with Crippen molar-refractivity contribution in [2.45, 2.75) is 26.9 Å². The molecule has 0 aliphatic rings. The van der Waals surface area contributed by atoms with Crippen molar-refractivity contribution >= 4 is 17.1 Å². The Balaban J connectivity index is 2.41. The van der Waals surface area contributed by atoms with E-state index in [0.717, 1.165) is 22.6 Å². The molecule has 1 aromatic heterocycles. The van der Waals surface area contributed by atoms with Gasteiger partial charge in [0.2, 0.25) is 5.78 Å². The van der Waals surface area contributed by atoms with Crippen molar-refractivity contribution in [1.29, 1.82) is 0 Å². The van der Waals surface area contributed by atoms with E-state index in [1.165, 1.54) is 24.3 Å². The van der Waals surface area contributed by atoms with Gasteiger partial charge in [0, 0.05) is 10.4 Å². The monoisotopic (exact) mass is 298 g/mol. The van der Waals surface area contributed by atoms with Crippen molar-refractivity contribution in [3.8, 4) is 0 Å². The summed E-state index contributed by atoms with van der Waals surface area (Å²) in [5.74, 6) is -0.225. The van der Waals surface area contributed by atoms with Gasteiger partial charge >= 0.3 is 6.18 Å². The zero-order valence-electron chi connectivity index (χ0n) is 11.3. The van der Waals surface area contributed by atoms with Gasteiger partial charge in [0.25, 0.3) is 0 Å². The maximum atomic E-state index is 12.6. The molecule has 0 aliphatic carbocycles.